The summed E-state index contributed by atoms with van der Waals surface area (Å²) >= 11 is 6.69. The van der Waals surface area contributed by atoms with E-state index in [1.54, 1.807) is 0 Å². The van der Waals surface area contributed by atoms with Crippen molar-refractivity contribution in [3.63, 3.8) is 0 Å². The second kappa shape index (κ2) is 15.7. The van der Waals surface area contributed by atoms with Gasteiger partial charge in [0.1, 0.15) is 0 Å². The number of hydrogen-bond acceptors (Lipinski definition) is 0. The van der Waals surface area contributed by atoms with Crippen molar-refractivity contribution in [2.45, 2.75) is 30.4 Å². The van der Waals surface area contributed by atoms with E-state index >= 15 is 0 Å². The SMILES string of the molecule is CCCCCCl.[CH3][Na]. The number of unbranched alkanes of at least 4 members (excludes halogenated alkanes) is 2. The maximum absolute atomic E-state index is 5.38. The molecule has 0 heterocycles. The van der Waals surface area contributed by atoms with Gasteiger partial charge in [0.05, 0.1) is 0 Å². The summed E-state index contributed by atoms with van der Waals surface area (Å²) in [4.78, 5) is 0. The predicted octanol–water partition coefficient (Wildman–Crippen LogP) is 2.62. The molecule has 0 nitrogen and oxygen atoms in total. The molecule has 0 fully saturated rings. The fourth-order valence-corrected chi connectivity index (χ4v) is 0.533. The van der Waals surface area contributed by atoms with Gasteiger partial charge in [0.25, 0.3) is 0 Å². The molecule has 0 rings (SSSR count). The van der Waals surface area contributed by atoms with Crippen LogP contribution in [0.3, 0.4) is 0 Å². The molecule has 0 aliphatic carbocycles. The first-order chi connectivity index (χ1) is 3.91. The second-order valence-corrected chi connectivity index (χ2v) is 1.77. The van der Waals surface area contributed by atoms with E-state index in [-0.39, 0.29) is 0 Å². The normalized spacial score (nSPS) is 7.62. The summed E-state index contributed by atoms with van der Waals surface area (Å²) in [6.45, 7) is 2.17. The number of halogens is 1. The molecule has 0 amide bonds. The molecule has 46 valence electrons. The minimum atomic E-state index is 0.827. The van der Waals surface area contributed by atoms with Crippen LogP contribution in [0.25, 0.3) is 0 Å². The van der Waals surface area contributed by atoms with E-state index in [4.69, 9.17) is 11.6 Å². The zero-order valence-electron chi connectivity index (χ0n) is 6.21. The van der Waals surface area contributed by atoms with E-state index < -0.39 is 0 Å². The Balaban J connectivity index is 0. The summed E-state index contributed by atoms with van der Waals surface area (Å²) in [6.07, 6.45) is 3.73. The van der Waals surface area contributed by atoms with Crippen LogP contribution in [0.2, 0.25) is 4.17 Å². The van der Waals surface area contributed by atoms with Gasteiger partial charge < -0.3 is 0 Å². The molecular formula is C6H14ClNa. The predicted molar refractivity (Wildman–Crippen MR) is 41.9 cm³/mol. The molecule has 0 atom stereocenters. The molecule has 0 N–H and O–H groups in total. The van der Waals surface area contributed by atoms with Crippen LogP contribution >= 0.6 is 11.6 Å². The van der Waals surface area contributed by atoms with Crippen molar-refractivity contribution in [2.24, 2.45) is 0 Å². The standard InChI is InChI=1S/C5H11Cl.CH3.Na/c1-2-3-4-5-6;;/h2-5H2,1H3;1H3;. The van der Waals surface area contributed by atoms with Crippen molar-refractivity contribution in [1.29, 1.82) is 0 Å². The fourth-order valence-electron chi connectivity index (χ4n) is 0.344. The fraction of sp³-hybridized carbons (Fsp3) is 1.00. The topological polar surface area (TPSA) is 0 Å². The third-order valence-corrected chi connectivity index (χ3v) is 1.00. The van der Waals surface area contributed by atoms with Gasteiger partial charge in [0.15, 0.2) is 0 Å². The van der Waals surface area contributed by atoms with Crippen molar-refractivity contribution in [2.75, 3.05) is 5.88 Å². The van der Waals surface area contributed by atoms with E-state index in [0.717, 1.165) is 5.88 Å². The summed E-state index contributed by atoms with van der Waals surface area (Å²) in [5, 5.41) is 0. The Hall–Kier alpha value is 1.29. The van der Waals surface area contributed by atoms with E-state index in [1.165, 1.54) is 47.2 Å². The summed E-state index contributed by atoms with van der Waals surface area (Å²) in [5.41, 5.74) is 0. The summed E-state index contributed by atoms with van der Waals surface area (Å²) < 4.78 is 2.14. The van der Waals surface area contributed by atoms with Crippen molar-refractivity contribution < 1.29 is 0 Å². The van der Waals surface area contributed by atoms with E-state index in [1.807, 2.05) is 0 Å². The molecule has 0 aromatic heterocycles. The van der Waals surface area contributed by atoms with Crippen LogP contribution in [0.1, 0.15) is 26.2 Å². The molecule has 0 saturated carbocycles. The molecule has 0 aliphatic heterocycles. The van der Waals surface area contributed by atoms with Crippen LogP contribution in [0, 0.1) is 0 Å². The average Bonchev–Trinajstić information content (AvgIpc) is 1.88. The van der Waals surface area contributed by atoms with E-state index in [9.17, 15) is 0 Å². The van der Waals surface area contributed by atoms with Crippen molar-refractivity contribution in [1.82, 2.24) is 0 Å². The molecule has 0 aromatic carbocycles. The molecule has 0 aromatic rings. The monoisotopic (exact) mass is 144 g/mol. The molecule has 0 radical (unpaired) electrons. The summed E-state index contributed by atoms with van der Waals surface area (Å²) in [7, 11) is 0. The van der Waals surface area contributed by atoms with Gasteiger partial charge in [-0.25, -0.2) is 0 Å². The van der Waals surface area contributed by atoms with E-state index in [0.29, 0.717) is 0 Å². The van der Waals surface area contributed by atoms with Gasteiger partial charge in [0, 0.05) is 5.88 Å². The van der Waals surface area contributed by atoms with Gasteiger partial charge in [-0.2, -0.15) is 0 Å². The van der Waals surface area contributed by atoms with E-state index in [2.05, 4.69) is 11.1 Å². The molecule has 0 aliphatic rings. The van der Waals surface area contributed by atoms with Crippen molar-refractivity contribution >= 4 is 39.5 Å². The number of alkyl halides is 1. The third kappa shape index (κ3) is 15.7. The quantitative estimate of drug-likeness (QED) is 0.325. The van der Waals surface area contributed by atoms with Gasteiger partial charge in [-0.05, 0) is 6.42 Å². The van der Waals surface area contributed by atoms with Gasteiger partial charge in [-0.3, -0.25) is 0 Å². The summed E-state index contributed by atoms with van der Waals surface area (Å²) in [6, 6.07) is 0. The second-order valence-electron chi connectivity index (χ2n) is 1.40. The Morgan fingerprint density at radius 3 is 1.88 bits per heavy atom. The van der Waals surface area contributed by atoms with Gasteiger partial charge in [-0.15, -0.1) is 11.6 Å². The van der Waals surface area contributed by atoms with Crippen LogP contribution < -0.4 is 0 Å². The molecule has 0 saturated heterocycles. The van der Waals surface area contributed by atoms with Gasteiger partial charge >= 0.3 is 32.1 Å². The number of rotatable bonds is 3. The zero-order valence-corrected chi connectivity index (χ0v) is 8.96. The first kappa shape index (κ1) is 12.0. The Morgan fingerprint density at radius 2 is 1.75 bits per heavy atom. The Morgan fingerprint density at radius 1 is 1.25 bits per heavy atom. The summed E-state index contributed by atoms with van der Waals surface area (Å²) in [5.74, 6) is 0.827. The Kier molecular flexibility index (Phi) is 23.6. The van der Waals surface area contributed by atoms with Crippen LogP contribution in [-0.2, 0) is 0 Å². The molecule has 2 heteroatoms. The Bertz CT molecular complexity index is 20.5. The maximum atomic E-state index is 5.38. The molecule has 0 bridgehead atoms. The Labute approximate surface area is 75.4 Å². The van der Waals surface area contributed by atoms with Crippen molar-refractivity contribution in [3.8, 4) is 0 Å². The third-order valence-electron chi connectivity index (χ3n) is 0.737. The molecule has 8 heavy (non-hydrogen) atoms. The average molecular weight is 145 g/mol. The zero-order chi connectivity index (χ0) is 6.83. The molecule has 0 spiro atoms. The molecule has 0 unspecified atom stereocenters. The van der Waals surface area contributed by atoms with Crippen LogP contribution in [0.15, 0.2) is 0 Å². The van der Waals surface area contributed by atoms with Gasteiger partial charge in [-0.1, -0.05) is 19.8 Å². The van der Waals surface area contributed by atoms with Crippen LogP contribution in [-0.4, -0.2) is 33.8 Å². The minimum absolute atomic E-state index is 0.827. The van der Waals surface area contributed by atoms with Gasteiger partial charge in [0.2, 0.25) is 0 Å². The van der Waals surface area contributed by atoms with Crippen LogP contribution in [0.5, 0.6) is 0 Å². The number of hydrogen-bond donors (Lipinski definition) is 0. The first-order valence-electron chi connectivity index (χ1n) is 3.47. The van der Waals surface area contributed by atoms with Crippen LogP contribution in [0.4, 0.5) is 0 Å². The molecular weight excluding hydrogens is 131 g/mol. The van der Waals surface area contributed by atoms with Crippen molar-refractivity contribution in [3.05, 3.63) is 0 Å². The first-order valence-corrected chi connectivity index (χ1v) is 6.01.